The number of hydrogen-bond acceptors (Lipinski definition) is 3. The van der Waals surface area contributed by atoms with Crippen LogP contribution in [0.15, 0.2) is 18.2 Å². The van der Waals surface area contributed by atoms with E-state index in [9.17, 15) is 9.59 Å². The Balaban J connectivity index is 1.67. The molecule has 144 valence electrons. The van der Waals surface area contributed by atoms with Gasteiger partial charge < -0.3 is 10.2 Å². The molecule has 1 heterocycles. The van der Waals surface area contributed by atoms with Crippen molar-refractivity contribution in [2.24, 2.45) is 5.92 Å². The fourth-order valence-corrected chi connectivity index (χ4v) is 3.45. The van der Waals surface area contributed by atoms with E-state index >= 15 is 0 Å². The summed E-state index contributed by atoms with van der Waals surface area (Å²) in [6, 6.07) is 5.36. The summed E-state index contributed by atoms with van der Waals surface area (Å²) in [7, 11) is 0. The highest BCUT2D eigenvalue weighted by atomic mass is 35.5. The molecule has 0 aromatic heterocycles. The molecule has 0 unspecified atom stereocenters. The highest BCUT2D eigenvalue weighted by molar-refractivity contribution is 6.42. The maximum Gasteiger partial charge on any atom is 0.321 e. The van der Waals surface area contributed by atoms with Crippen molar-refractivity contribution in [2.75, 3.05) is 19.6 Å². The van der Waals surface area contributed by atoms with Crippen molar-refractivity contribution in [2.45, 2.75) is 45.6 Å². The zero-order valence-electron chi connectivity index (χ0n) is 15.4. The van der Waals surface area contributed by atoms with E-state index in [-0.39, 0.29) is 17.9 Å². The van der Waals surface area contributed by atoms with Crippen LogP contribution >= 0.6 is 23.2 Å². The number of carbonyl (C=O) groups is 2. The summed E-state index contributed by atoms with van der Waals surface area (Å²) in [5.74, 6) is -0.252. The zero-order valence-corrected chi connectivity index (χ0v) is 16.9. The third kappa shape index (κ3) is 6.78. The van der Waals surface area contributed by atoms with Gasteiger partial charge in [-0.15, -0.1) is 0 Å². The van der Waals surface area contributed by atoms with E-state index in [0.29, 0.717) is 10.0 Å². The molecule has 1 aromatic rings. The van der Waals surface area contributed by atoms with Gasteiger partial charge >= 0.3 is 6.03 Å². The predicted molar refractivity (Wildman–Crippen MR) is 106 cm³/mol. The molecule has 0 bridgehead atoms. The average Bonchev–Trinajstić information content (AvgIpc) is 2.58. The SMILES string of the molecule is CC(C)NC(=O)NC(=O)C1CCN(CCCc2ccc(Cl)c(Cl)c2)CC1. The first-order valence-electron chi connectivity index (χ1n) is 9.13. The van der Waals surface area contributed by atoms with Crippen LogP contribution in [-0.2, 0) is 11.2 Å². The Labute approximate surface area is 165 Å². The summed E-state index contributed by atoms with van der Waals surface area (Å²) in [6.07, 6.45) is 3.55. The van der Waals surface area contributed by atoms with E-state index in [1.165, 1.54) is 5.56 Å². The van der Waals surface area contributed by atoms with Gasteiger partial charge in [-0.25, -0.2) is 4.79 Å². The van der Waals surface area contributed by atoms with Gasteiger partial charge in [0.2, 0.25) is 5.91 Å². The lowest BCUT2D eigenvalue weighted by molar-refractivity contribution is -0.125. The smallest absolute Gasteiger partial charge is 0.321 e. The number of nitrogens with zero attached hydrogens (tertiary/aromatic N) is 1. The third-order valence-electron chi connectivity index (χ3n) is 4.54. The second-order valence-electron chi connectivity index (χ2n) is 7.09. The van der Waals surface area contributed by atoms with Gasteiger partial charge in [-0.05, 0) is 76.9 Å². The van der Waals surface area contributed by atoms with Gasteiger partial charge in [0, 0.05) is 12.0 Å². The minimum Gasteiger partial charge on any atom is -0.336 e. The first kappa shape index (κ1) is 21.0. The Morgan fingerprint density at radius 2 is 1.88 bits per heavy atom. The number of carbonyl (C=O) groups excluding carboxylic acids is 2. The van der Waals surface area contributed by atoms with Gasteiger partial charge in [0.15, 0.2) is 0 Å². The number of benzene rings is 1. The second-order valence-corrected chi connectivity index (χ2v) is 7.90. The van der Waals surface area contributed by atoms with Gasteiger partial charge in [-0.2, -0.15) is 0 Å². The Morgan fingerprint density at radius 1 is 1.19 bits per heavy atom. The molecule has 1 fully saturated rings. The fourth-order valence-electron chi connectivity index (χ4n) is 3.13. The molecule has 0 saturated carbocycles. The third-order valence-corrected chi connectivity index (χ3v) is 5.28. The van der Waals surface area contributed by atoms with Crippen LogP contribution < -0.4 is 10.6 Å². The molecule has 1 aliphatic rings. The van der Waals surface area contributed by atoms with Gasteiger partial charge in [0.05, 0.1) is 10.0 Å². The number of amides is 3. The van der Waals surface area contributed by atoms with Gasteiger partial charge in [0.25, 0.3) is 0 Å². The van der Waals surface area contributed by atoms with Crippen molar-refractivity contribution >= 4 is 35.1 Å². The number of rotatable bonds is 6. The molecule has 0 aliphatic carbocycles. The molecule has 26 heavy (non-hydrogen) atoms. The van der Waals surface area contributed by atoms with Crippen LogP contribution in [0.25, 0.3) is 0 Å². The lowest BCUT2D eigenvalue weighted by Gasteiger charge is -2.31. The number of aryl methyl sites for hydroxylation is 1. The van der Waals surface area contributed by atoms with Crippen molar-refractivity contribution in [3.63, 3.8) is 0 Å². The summed E-state index contributed by atoms with van der Waals surface area (Å²) in [4.78, 5) is 26.1. The summed E-state index contributed by atoms with van der Waals surface area (Å²) in [5, 5.41) is 6.29. The standard InChI is InChI=1S/C19H27Cl2N3O2/c1-13(2)22-19(26)23-18(25)15-7-10-24(11-8-15)9-3-4-14-5-6-16(20)17(21)12-14/h5-6,12-13,15H,3-4,7-11H2,1-2H3,(H2,22,23,25,26). The zero-order chi connectivity index (χ0) is 19.1. The normalized spacial score (nSPS) is 15.9. The Kier molecular flexibility index (Phi) is 8.19. The van der Waals surface area contributed by atoms with E-state index in [2.05, 4.69) is 15.5 Å². The minimum atomic E-state index is -0.408. The summed E-state index contributed by atoms with van der Waals surface area (Å²) in [6.45, 7) is 6.47. The topological polar surface area (TPSA) is 61.4 Å². The Morgan fingerprint density at radius 3 is 2.50 bits per heavy atom. The van der Waals surface area contributed by atoms with Gasteiger partial charge in [-0.1, -0.05) is 29.3 Å². The first-order chi connectivity index (χ1) is 12.3. The summed E-state index contributed by atoms with van der Waals surface area (Å²) in [5.41, 5.74) is 1.19. The molecule has 2 N–H and O–H groups in total. The first-order valence-corrected chi connectivity index (χ1v) is 9.88. The molecule has 2 rings (SSSR count). The molecule has 0 spiro atoms. The van der Waals surface area contributed by atoms with E-state index in [1.807, 2.05) is 32.0 Å². The van der Waals surface area contributed by atoms with Crippen LogP contribution in [0.5, 0.6) is 0 Å². The van der Waals surface area contributed by atoms with Crippen LogP contribution in [0.1, 0.15) is 38.7 Å². The number of piperidine rings is 1. The predicted octanol–water partition coefficient (Wildman–Crippen LogP) is 3.87. The van der Waals surface area contributed by atoms with Crippen molar-refractivity contribution < 1.29 is 9.59 Å². The van der Waals surface area contributed by atoms with E-state index in [0.717, 1.165) is 45.3 Å². The van der Waals surface area contributed by atoms with Crippen LogP contribution in [0.3, 0.4) is 0 Å². The van der Waals surface area contributed by atoms with Crippen LogP contribution in [0, 0.1) is 5.92 Å². The number of imide groups is 1. The molecule has 1 aromatic carbocycles. The van der Waals surface area contributed by atoms with Gasteiger partial charge in [-0.3, -0.25) is 10.1 Å². The molecule has 1 aliphatic heterocycles. The van der Waals surface area contributed by atoms with Crippen molar-refractivity contribution in [1.29, 1.82) is 0 Å². The van der Waals surface area contributed by atoms with Crippen molar-refractivity contribution in [3.8, 4) is 0 Å². The number of urea groups is 1. The summed E-state index contributed by atoms with van der Waals surface area (Å²) >= 11 is 12.0. The average molecular weight is 400 g/mol. The molecular formula is C19H27Cl2N3O2. The maximum absolute atomic E-state index is 12.1. The van der Waals surface area contributed by atoms with Crippen LogP contribution in [0.4, 0.5) is 4.79 Å². The molecule has 0 radical (unpaired) electrons. The highest BCUT2D eigenvalue weighted by Gasteiger charge is 2.25. The van der Waals surface area contributed by atoms with Crippen LogP contribution in [-0.4, -0.2) is 42.5 Å². The van der Waals surface area contributed by atoms with Crippen LogP contribution in [0.2, 0.25) is 10.0 Å². The molecular weight excluding hydrogens is 373 g/mol. The fraction of sp³-hybridized carbons (Fsp3) is 0.579. The van der Waals surface area contributed by atoms with Crippen molar-refractivity contribution in [1.82, 2.24) is 15.5 Å². The largest absolute Gasteiger partial charge is 0.336 e. The monoisotopic (exact) mass is 399 g/mol. The minimum absolute atomic E-state index is 0.0140. The molecule has 0 atom stereocenters. The maximum atomic E-state index is 12.1. The number of halogens is 2. The highest BCUT2D eigenvalue weighted by Crippen LogP contribution is 2.23. The second kappa shape index (κ2) is 10.1. The quantitative estimate of drug-likeness (QED) is 0.762. The Hall–Kier alpha value is -1.30. The van der Waals surface area contributed by atoms with Gasteiger partial charge in [0.1, 0.15) is 0 Å². The van der Waals surface area contributed by atoms with E-state index < -0.39 is 6.03 Å². The lowest BCUT2D eigenvalue weighted by Crippen LogP contribution is -2.47. The summed E-state index contributed by atoms with van der Waals surface area (Å²) < 4.78 is 0. The molecule has 7 heteroatoms. The van der Waals surface area contributed by atoms with E-state index in [1.54, 1.807) is 0 Å². The van der Waals surface area contributed by atoms with Crippen molar-refractivity contribution in [3.05, 3.63) is 33.8 Å². The number of hydrogen-bond donors (Lipinski definition) is 2. The Bertz CT molecular complexity index is 629. The molecule has 1 saturated heterocycles. The number of likely N-dealkylation sites (tertiary alicyclic amines) is 1. The molecule has 3 amide bonds. The lowest BCUT2D eigenvalue weighted by atomic mass is 9.95. The molecule has 5 nitrogen and oxygen atoms in total. The number of nitrogens with one attached hydrogen (secondary N) is 2. The van der Waals surface area contributed by atoms with E-state index in [4.69, 9.17) is 23.2 Å².